The van der Waals surface area contributed by atoms with Crippen LogP contribution in [-0.2, 0) is 14.2 Å². The first-order valence-electron chi connectivity index (χ1n) is 10.1. The van der Waals surface area contributed by atoms with Crippen LogP contribution in [0.25, 0.3) is 0 Å². The standard InChI is InChI=1S/C21H35N3O3.HI/c1-3-22-21(23-12-8-13-26-16-15-25-2)24-17-19-11-7-14-27-20(19)18-9-5-4-6-10-18;/h4-6,9-10,19-20H,3,7-8,11-17H2,1-2H3,(H2,22,23,24);1H. The Kier molecular flexibility index (Phi) is 14.3. The van der Waals surface area contributed by atoms with E-state index in [0.29, 0.717) is 19.1 Å². The van der Waals surface area contributed by atoms with Crippen LogP contribution >= 0.6 is 24.0 Å². The third-order valence-corrected chi connectivity index (χ3v) is 4.59. The number of benzene rings is 1. The number of hydrogen-bond acceptors (Lipinski definition) is 4. The SMILES string of the molecule is CCNC(=NCC1CCCOC1c1ccccc1)NCCCOCCOC.I. The van der Waals surface area contributed by atoms with E-state index in [9.17, 15) is 0 Å². The Bertz CT molecular complexity index is 531. The van der Waals surface area contributed by atoms with Gasteiger partial charge in [-0.1, -0.05) is 30.3 Å². The highest BCUT2D eigenvalue weighted by Gasteiger charge is 2.27. The maximum Gasteiger partial charge on any atom is 0.191 e. The van der Waals surface area contributed by atoms with Crippen LogP contribution in [-0.4, -0.2) is 59.1 Å². The maximum absolute atomic E-state index is 6.08. The second kappa shape index (κ2) is 16.0. The van der Waals surface area contributed by atoms with Gasteiger partial charge in [-0.15, -0.1) is 24.0 Å². The molecular formula is C21H36IN3O3. The average molecular weight is 505 g/mol. The van der Waals surface area contributed by atoms with Crippen molar-refractivity contribution in [3.05, 3.63) is 35.9 Å². The first-order valence-corrected chi connectivity index (χ1v) is 10.1. The van der Waals surface area contributed by atoms with Gasteiger partial charge >= 0.3 is 0 Å². The molecule has 0 amide bonds. The Morgan fingerprint density at radius 3 is 2.75 bits per heavy atom. The van der Waals surface area contributed by atoms with E-state index in [1.54, 1.807) is 7.11 Å². The number of rotatable bonds is 11. The molecule has 160 valence electrons. The van der Waals surface area contributed by atoms with Crippen molar-refractivity contribution in [2.24, 2.45) is 10.9 Å². The van der Waals surface area contributed by atoms with E-state index in [0.717, 1.165) is 58.1 Å². The molecule has 1 aromatic rings. The Morgan fingerprint density at radius 2 is 2.00 bits per heavy atom. The van der Waals surface area contributed by atoms with Crippen molar-refractivity contribution in [3.63, 3.8) is 0 Å². The van der Waals surface area contributed by atoms with E-state index in [2.05, 4.69) is 41.8 Å². The molecule has 1 aliphatic rings. The molecule has 1 fully saturated rings. The minimum absolute atomic E-state index is 0. The van der Waals surface area contributed by atoms with Crippen molar-refractivity contribution in [3.8, 4) is 0 Å². The predicted octanol–water partition coefficient (Wildman–Crippen LogP) is 3.38. The van der Waals surface area contributed by atoms with Gasteiger partial charge in [0.25, 0.3) is 0 Å². The van der Waals surface area contributed by atoms with E-state index in [1.165, 1.54) is 5.56 Å². The fourth-order valence-corrected chi connectivity index (χ4v) is 3.22. The van der Waals surface area contributed by atoms with Gasteiger partial charge in [0.2, 0.25) is 0 Å². The molecule has 2 unspecified atom stereocenters. The third kappa shape index (κ3) is 9.54. The first kappa shape index (κ1) is 25.1. The predicted molar refractivity (Wildman–Crippen MR) is 125 cm³/mol. The largest absolute Gasteiger partial charge is 0.382 e. The molecule has 28 heavy (non-hydrogen) atoms. The van der Waals surface area contributed by atoms with Gasteiger partial charge in [0.05, 0.1) is 19.3 Å². The molecule has 6 nitrogen and oxygen atoms in total. The second-order valence-electron chi connectivity index (χ2n) is 6.71. The highest BCUT2D eigenvalue weighted by molar-refractivity contribution is 14.0. The molecule has 0 aliphatic carbocycles. The molecule has 7 heteroatoms. The summed E-state index contributed by atoms with van der Waals surface area (Å²) in [6.07, 6.45) is 3.33. The minimum Gasteiger partial charge on any atom is -0.382 e. The highest BCUT2D eigenvalue weighted by Crippen LogP contribution is 2.33. The molecule has 1 aromatic carbocycles. The topological polar surface area (TPSA) is 64.1 Å². The summed E-state index contributed by atoms with van der Waals surface area (Å²) in [6, 6.07) is 10.5. The Balaban J connectivity index is 0.00000392. The molecule has 2 atom stereocenters. The van der Waals surface area contributed by atoms with Crippen LogP contribution in [0.3, 0.4) is 0 Å². The summed E-state index contributed by atoms with van der Waals surface area (Å²) in [4.78, 5) is 4.81. The minimum atomic E-state index is 0. The number of guanidine groups is 1. The molecule has 1 heterocycles. The van der Waals surface area contributed by atoms with Gasteiger partial charge in [0, 0.05) is 45.9 Å². The van der Waals surface area contributed by atoms with Crippen molar-refractivity contribution < 1.29 is 14.2 Å². The summed E-state index contributed by atoms with van der Waals surface area (Å²) < 4.78 is 16.5. The third-order valence-electron chi connectivity index (χ3n) is 4.59. The lowest BCUT2D eigenvalue weighted by molar-refractivity contribution is -0.0250. The number of halogens is 1. The zero-order chi connectivity index (χ0) is 19.2. The lowest BCUT2D eigenvalue weighted by atomic mass is 9.89. The first-order chi connectivity index (χ1) is 13.3. The fraction of sp³-hybridized carbons (Fsp3) is 0.667. The van der Waals surface area contributed by atoms with Gasteiger partial charge in [-0.2, -0.15) is 0 Å². The number of hydrogen-bond donors (Lipinski definition) is 2. The van der Waals surface area contributed by atoms with Crippen molar-refractivity contribution in [2.45, 2.75) is 32.3 Å². The Hall–Kier alpha value is -0.900. The zero-order valence-electron chi connectivity index (χ0n) is 17.2. The number of nitrogens with zero attached hydrogens (tertiary/aromatic N) is 1. The van der Waals surface area contributed by atoms with Crippen molar-refractivity contribution in [2.75, 3.05) is 53.2 Å². The van der Waals surface area contributed by atoms with Crippen LogP contribution in [0.15, 0.2) is 35.3 Å². The van der Waals surface area contributed by atoms with Crippen LogP contribution < -0.4 is 10.6 Å². The Morgan fingerprint density at radius 1 is 1.18 bits per heavy atom. The molecule has 0 saturated carbocycles. The summed E-state index contributed by atoms with van der Waals surface area (Å²) in [5, 5.41) is 6.72. The molecular weight excluding hydrogens is 469 g/mol. The van der Waals surface area contributed by atoms with Crippen LogP contribution in [0.1, 0.15) is 37.9 Å². The van der Waals surface area contributed by atoms with E-state index < -0.39 is 0 Å². The summed E-state index contributed by atoms with van der Waals surface area (Å²) >= 11 is 0. The highest BCUT2D eigenvalue weighted by atomic mass is 127. The second-order valence-corrected chi connectivity index (χ2v) is 6.71. The summed E-state index contributed by atoms with van der Waals surface area (Å²) in [7, 11) is 1.68. The summed E-state index contributed by atoms with van der Waals surface area (Å²) in [5.74, 6) is 1.28. The normalized spacial score (nSPS) is 19.7. The molecule has 0 aromatic heterocycles. The number of ether oxygens (including phenoxy) is 3. The lowest BCUT2D eigenvalue weighted by Gasteiger charge is -2.31. The molecule has 2 rings (SSSR count). The van der Waals surface area contributed by atoms with E-state index in [4.69, 9.17) is 19.2 Å². The van der Waals surface area contributed by atoms with Crippen LogP contribution in [0, 0.1) is 5.92 Å². The zero-order valence-corrected chi connectivity index (χ0v) is 19.5. The van der Waals surface area contributed by atoms with Gasteiger partial charge in [-0.05, 0) is 31.7 Å². The molecule has 0 bridgehead atoms. The Labute approximate surface area is 186 Å². The summed E-state index contributed by atoms with van der Waals surface area (Å²) in [6.45, 7) is 7.38. The smallest absolute Gasteiger partial charge is 0.191 e. The van der Waals surface area contributed by atoms with Gasteiger partial charge in [-0.25, -0.2) is 0 Å². The van der Waals surface area contributed by atoms with Gasteiger partial charge in [0.1, 0.15) is 0 Å². The quantitative estimate of drug-likeness (QED) is 0.209. The monoisotopic (exact) mass is 505 g/mol. The number of aliphatic imine (C=N–C) groups is 1. The van der Waals surface area contributed by atoms with Crippen molar-refractivity contribution in [1.82, 2.24) is 10.6 Å². The molecule has 0 radical (unpaired) electrons. The van der Waals surface area contributed by atoms with Gasteiger partial charge in [-0.3, -0.25) is 4.99 Å². The molecule has 1 aliphatic heterocycles. The van der Waals surface area contributed by atoms with Crippen molar-refractivity contribution >= 4 is 29.9 Å². The molecule has 2 N–H and O–H groups in total. The fourth-order valence-electron chi connectivity index (χ4n) is 3.22. The molecule has 1 saturated heterocycles. The van der Waals surface area contributed by atoms with Crippen molar-refractivity contribution in [1.29, 1.82) is 0 Å². The number of nitrogens with one attached hydrogen (secondary N) is 2. The van der Waals surface area contributed by atoms with Gasteiger partial charge in [0.15, 0.2) is 5.96 Å². The van der Waals surface area contributed by atoms with E-state index in [-0.39, 0.29) is 30.1 Å². The summed E-state index contributed by atoms with van der Waals surface area (Å²) in [5.41, 5.74) is 1.25. The van der Waals surface area contributed by atoms with Crippen LogP contribution in [0.2, 0.25) is 0 Å². The van der Waals surface area contributed by atoms with Gasteiger partial charge < -0.3 is 24.8 Å². The molecule has 0 spiro atoms. The van der Waals surface area contributed by atoms with Crippen LogP contribution in [0.4, 0.5) is 0 Å². The maximum atomic E-state index is 6.08. The van der Waals surface area contributed by atoms with Crippen LogP contribution in [0.5, 0.6) is 0 Å². The average Bonchev–Trinajstić information content (AvgIpc) is 2.72. The number of methoxy groups -OCH3 is 1. The van der Waals surface area contributed by atoms with E-state index >= 15 is 0 Å². The van der Waals surface area contributed by atoms with E-state index in [1.807, 2.05) is 6.07 Å². The lowest BCUT2D eigenvalue weighted by Crippen LogP contribution is -2.39.